The highest BCUT2D eigenvalue weighted by molar-refractivity contribution is 6.42. The fraction of sp³-hybridized carbons (Fsp3) is 0.524. The lowest BCUT2D eigenvalue weighted by atomic mass is 10.1. The highest BCUT2D eigenvalue weighted by atomic mass is 35.5. The normalized spacial score (nSPS) is 14.0. The number of unbranched alkanes of at least 4 members (excludes halogenated alkanes) is 1. The molecule has 0 bridgehead atoms. The minimum Gasteiger partial charge on any atom is -0.503 e. The number of amides is 2. The van der Waals surface area contributed by atoms with Crippen molar-refractivity contribution in [2.24, 2.45) is 0 Å². The molecule has 2 rings (SSSR count). The highest BCUT2D eigenvalue weighted by Crippen LogP contribution is 2.23. The Morgan fingerprint density at radius 1 is 1.21 bits per heavy atom. The van der Waals surface area contributed by atoms with Crippen molar-refractivity contribution in [3.05, 3.63) is 45.1 Å². The molecule has 0 radical (unpaired) electrons. The zero-order valence-corrected chi connectivity index (χ0v) is 18.2. The summed E-state index contributed by atoms with van der Waals surface area (Å²) in [4.78, 5) is 25.9. The van der Waals surface area contributed by atoms with Gasteiger partial charge in [0.25, 0.3) is 11.8 Å². The third-order valence-corrected chi connectivity index (χ3v) is 5.41. The fourth-order valence-corrected chi connectivity index (χ4v) is 3.30. The number of benzene rings is 1. The van der Waals surface area contributed by atoms with E-state index in [1.54, 1.807) is 12.1 Å². The van der Waals surface area contributed by atoms with E-state index in [2.05, 4.69) is 12.2 Å². The van der Waals surface area contributed by atoms with Crippen molar-refractivity contribution in [3.63, 3.8) is 0 Å². The van der Waals surface area contributed by atoms with Crippen LogP contribution in [0.1, 0.15) is 38.2 Å². The van der Waals surface area contributed by atoms with Crippen molar-refractivity contribution in [2.45, 2.75) is 39.0 Å². The Morgan fingerprint density at radius 3 is 2.69 bits per heavy atom. The molecule has 0 saturated carbocycles. The van der Waals surface area contributed by atoms with Gasteiger partial charge in [0.15, 0.2) is 5.76 Å². The Morgan fingerprint density at radius 2 is 1.97 bits per heavy atom. The predicted octanol–water partition coefficient (Wildman–Crippen LogP) is 3.90. The number of carbonyl (C=O) groups excluding carboxylic acids is 2. The van der Waals surface area contributed by atoms with Crippen molar-refractivity contribution in [2.75, 3.05) is 32.8 Å². The van der Waals surface area contributed by atoms with E-state index < -0.39 is 17.6 Å². The lowest BCUT2D eigenvalue weighted by Gasteiger charge is -2.16. The van der Waals surface area contributed by atoms with Crippen LogP contribution in [0.3, 0.4) is 0 Å². The minimum absolute atomic E-state index is 0.122. The maximum absolute atomic E-state index is 12.3. The van der Waals surface area contributed by atoms with Gasteiger partial charge < -0.3 is 20.1 Å². The van der Waals surface area contributed by atoms with Crippen LogP contribution in [0.2, 0.25) is 10.0 Å². The molecule has 1 heterocycles. The van der Waals surface area contributed by atoms with Gasteiger partial charge in [-0.1, -0.05) is 42.6 Å². The van der Waals surface area contributed by atoms with E-state index in [4.69, 9.17) is 27.9 Å². The van der Waals surface area contributed by atoms with Crippen LogP contribution < -0.4 is 5.32 Å². The molecule has 0 fully saturated rings. The molecule has 8 heteroatoms. The van der Waals surface area contributed by atoms with Crippen LogP contribution in [0, 0.1) is 0 Å². The van der Waals surface area contributed by atoms with Crippen molar-refractivity contribution in [3.8, 4) is 0 Å². The largest absolute Gasteiger partial charge is 0.503 e. The van der Waals surface area contributed by atoms with Gasteiger partial charge in [-0.3, -0.25) is 9.59 Å². The van der Waals surface area contributed by atoms with E-state index in [1.165, 1.54) is 4.90 Å². The van der Waals surface area contributed by atoms with E-state index in [0.717, 1.165) is 24.8 Å². The van der Waals surface area contributed by atoms with Crippen LogP contribution in [0.5, 0.6) is 0 Å². The minimum atomic E-state index is -0.500. The lowest BCUT2D eigenvalue weighted by molar-refractivity contribution is -0.128. The first kappa shape index (κ1) is 23.5. The third kappa shape index (κ3) is 7.21. The van der Waals surface area contributed by atoms with Gasteiger partial charge in [-0.05, 0) is 43.4 Å². The van der Waals surface area contributed by atoms with E-state index in [9.17, 15) is 14.7 Å². The topological polar surface area (TPSA) is 78.9 Å². The van der Waals surface area contributed by atoms with Crippen LogP contribution in [-0.4, -0.2) is 54.7 Å². The van der Waals surface area contributed by atoms with Crippen LogP contribution >= 0.6 is 23.2 Å². The SMILES string of the molecule is CCCCOCCCN1CC(C(=O)NCCCc2ccc(Cl)c(Cl)c2)=C(O)C1=O. The molecule has 2 amide bonds. The monoisotopic (exact) mass is 442 g/mol. The van der Waals surface area contributed by atoms with Gasteiger partial charge in [-0.15, -0.1) is 0 Å². The quantitative estimate of drug-likeness (QED) is 0.481. The highest BCUT2D eigenvalue weighted by Gasteiger charge is 2.33. The van der Waals surface area contributed by atoms with Gasteiger partial charge in [0.2, 0.25) is 0 Å². The first-order chi connectivity index (χ1) is 13.9. The molecule has 1 aliphatic rings. The summed E-state index contributed by atoms with van der Waals surface area (Å²) in [6, 6.07) is 5.44. The number of halogens is 2. The summed E-state index contributed by atoms with van der Waals surface area (Å²) in [6.07, 6.45) is 4.19. The molecule has 0 aromatic heterocycles. The molecule has 0 spiro atoms. The Labute approximate surface area is 181 Å². The van der Waals surface area contributed by atoms with Crippen LogP contribution in [0.15, 0.2) is 29.5 Å². The van der Waals surface area contributed by atoms with Crippen molar-refractivity contribution < 1.29 is 19.4 Å². The molecular weight excluding hydrogens is 415 g/mol. The van der Waals surface area contributed by atoms with E-state index in [-0.39, 0.29) is 12.1 Å². The molecule has 0 atom stereocenters. The summed E-state index contributed by atoms with van der Waals surface area (Å²) in [5, 5.41) is 13.8. The second-order valence-electron chi connectivity index (χ2n) is 6.98. The lowest BCUT2D eigenvalue weighted by Crippen LogP contribution is -2.31. The first-order valence-electron chi connectivity index (χ1n) is 9.95. The number of nitrogens with zero attached hydrogens (tertiary/aromatic N) is 1. The number of aliphatic hydroxyl groups excluding tert-OH is 1. The Balaban J connectivity index is 1.71. The molecule has 1 aromatic rings. The molecule has 6 nitrogen and oxygen atoms in total. The second-order valence-corrected chi connectivity index (χ2v) is 7.80. The molecule has 2 N–H and O–H groups in total. The summed E-state index contributed by atoms with van der Waals surface area (Å²) in [7, 11) is 0. The Hall–Kier alpha value is -1.76. The van der Waals surface area contributed by atoms with Crippen molar-refractivity contribution in [1.29, 1.82) is 0 Å². The first-order valence-corrected chi connectivity index (χ1v) is 10.7. The van der Waals surface area contributed by atoms with Crippen LogP contribution in [0.25, 0.3) is 0 Å². The van der Waals surface area contributed by atoms with Gasteiger partial charge in [0.1, 0.15) is 0 Å². The molecule has 1 aliphatic heterocycles. The number of aryl methyl sites for hydroxylation is 1. The Bertz CT molecular complexity index is 752. The van der Waals surface area contributed by atoms with Crippen molar-refractivity contribution >= 4 is 35.0 Å². The number of rotatable bonds is 12. The molecule has 1 aromatic carbocycles. The third-order valence-electron chi connectivity index (χ3n) is 4.67. The summed E-state index contributed by atoms with van der Waals surface area (Å²) in [5.74, 6) is -1.37. The summed E-state index contributed by atoms with van der Waals surface area (Å²) < 4.78 is 5.48. The standard InChI is InChI=1S/C21H28Cl2N2O4/c1-2-3-11-29-12-5-10-25-14-16(19(26)21(25)28)20(27)24-9-4-6-15-7-8-17(22)18(23)13-15/h7-8,13,26H,2-6,9-12,14H2,1H3,(H,24,27). The second kappa shape index (κ2) is 12.1. The van der Waals surface area contributed by atoms with Gasteiger partial charge in [0.05, 0.1) is 22.2 Å². The van der Waals surface area contributed by atoms with Gasteiger partial charge in [-0.2, -0.15) is 0 Å². The zero-order valence-electron chi connectivity index (χ0n) is 16.7. The number of nitrogens with one attached hydrogen (secondary N) is 1. The van der Waals surface area contributed by atoms with E-state index in [0.29, 0.717) is 49.2 Å². The molecule has 160 valence electrons. The smallest absolute Gasteiger partial charge is 0.289 e. The number of hydrogen-bond acceptors (Lipinski definition) is 4. The molecule has 0 saturated heterocycles. The fourth-order valence-electron chi connectivity index (χ4n) is 2.98. The van der Waals surface area contributed by atoms with Gasteiger partial charge >= 0.3 is 0 Å². The predicted molar refractivity (Wildman–Crippen MR) is 114 cm³/mol. The van der Waals surface area contributed by atoms with Gasteiger partial charge in [0, 0.05) is 26.3 Å². The zero-order chi connectivity index (χ0) is 21.2. The van der Waals surface area contributed by atoms with Crippen molar-refractivity contribution in [1.82, 2.24) is 10.2 Å². The summed E-state index contributed by atoms with van der Waals surface area (Å²) >= 11 is 11.9. The molecule has 0 unspecified atom stereocenters. The number of hydrogen-bond donors (Lipinski definition) is 2. The van der Waals surface area contributed by atoms with Crippen LogP contribution in [-0.2, 0) is 20.7 Å². The van der Waals surface area contributed by atoms with Gasteiger partial charge in [-0.25, -0.2) is 0 Å². The summed E-state index contributed by atoms with van der Waals surface area (Å²) in [6.45, 7) is 4.36. The molecule has 0 aliphatic carbocycles. The number of carbonyl (C=O) groups is 2. The average molecular weight is 443 g/mol. The van der Waals surface area contributed by atoms with E-state index in [1.807, 2.05) is 6.07 Å². The Kier molecular flexibility index (Phi) is 9.78. The number of aliphatic hydroxyl groups is 1. The maximum atomic E-state index is 12.3. The summed E-state index contributed by atoms with van der Waals surface area (Å²) in [5.41, 5.74) is 1.15. The van der Waals surface area contributed by atoms with Crippen LogP contribution in [0.4, 0.5) is 0 Å². The maximum Gasteiger partial charge on any atom is 0.289 e. The molecule has 29 heavy (non-hydrogen) atoms. The van der Waals surface area contributed by atoms with E-state index >= 15 is 0 Å². The average Bonchev–Trinajstić information content (AvgIpc) is 2.99. The molecular formula is C21H28Cl2N2O4. The number of ether oxygens (including phenoxy) is 1.